The lowest BCUT2D eigenvalue weighted by molar-refractivity contribution is 0.811. The van der Waals surface area contributed by atoms with Gasteiger partial charge in [0, 0.05) is 6.04 Å². The van der Waals surface area contributed by atoms with Crippen molar-refractivity contribution >= 4 is 17.3 Å². The Hall–Kier alpha value is -0.570. The van der Waals surface area contributed by atoms with E-state index in [4.69, 9.17) is 5.73 Å². The third-order valence-electron chi connectivity index (χ3n) is 0.723. The van der Waals surface area contributed by atoms with Crippen LogP contribution in [0, 0.1) is 0 Å². The molecule has 0 amide bonds. The van der Waals surface area contributed by atoms with Crippen LogP contribution in [0.1, 0.15) is 6.92 Å². The average molecular weight is 130 g/mol. The van der Waals surface area contributed by atoms with Crippen molar-refractivity contribution in [2.24, 2.45) is 5.73 Å². The zero-order valence-corrected chi connectivity index (χ0v) is 5.66. The molecule has 0 bridgehead atoms. The number of thiocarbonyl (C=S) groups is 1. The molecule has 3 heteroatoms. The normalized spacial score (nSPS) is 12.1. The summed E-state index contributed by atoms with van der Waals surface area (Å²) in [7, 11) is 0. The average Bonchev–Trinajstić information content (AvgIpc) is 1.65. The van der Waals surface area contributed by atoms with Crippen LogP contribution < -0.4 is 11.1 Å². The standard InChI is InChI=1S/C5H10N2S/c1-3-4(2)7-5(6)8/h3-4H,1H2,2H3,(H3,6,7,8). The lowest BCUT2D eigenvalue weighted by atomic mass is 10.3. The first-order chi connectivity index (χ1) is 3.66. The summed E-state index contributed by atoms with van der Waals surface area (Å²) in [5, 5.41) is 3.10. The van der Waals surface area contributed by atoms with Gasteiger partial charge < -0.3 is 11.1 Å². The van der Waals surface area contributed by atoms with Crippen LogP contribution in [-0.4, -0.2) is 11.2 Å². The second-order valence-electron chi connectivity index (χ2n) is 1.53. The van der Waals surface area contributed by atoms with Crippen LogP contribution in [0.15, 0.2) is 12.7 Å². The molecule has 0 aromatic heterocycles. The maximum atomic E-state index is 5.14. The quantitative estimate of drug-likeness (QED) is 0.419. The molecule has 3 N–H and O–H groups in total. The molecule has 1 atom stereocenters. The number of nitrogens with one attached hydrogen (secondary N) is 1. The topological polar surface area (TPSA) is 38.0 Å². The molecule has 0 fully saturated rings. The Labute approximate surface area is 54.8 Å². The predicted octanol–water partition coefficient (Wildman–Crippen LogP) is 0.394. The van der Waals surface area contributed by atoms with Crippen molar-refractivity contribution < 1.29 is 0 Å². The van der Waals surface area contributed by atoms with Gasteiger partial charge in [0.15, 0.2) is 5.11 Å². The lowest BCUT2D eigenvalue weighted by Crippen LogP contribution is -2.35. The Morgan fingerprint density at radius 1 is 2.00 bits per heavy atom. The van der Waals surface area contributed by atoms with Crippen LogP contribution in [0.25, 0.3) is 0 Å². The molecule has 2 nitrogen and oxygen atoms in total. The van der Waals surface area contributed by atoms with Crippen molar-refractivity contribution in [2.45, 2.75) is 13.0 Å². The van der Waals surface area contributed by atoms with E-state index in [0.29, 0.717) is 5.11 Å². The molecule has 0 aliphatic rings. The summed E-state index contributed by atoms with van der Waals surface area (Å²) in [6, 6.07) is 0.174. The molecular formula is C5H10N2S. The third kappa shape index (κ3) is 3.61. The van der Waals surface area contributed by atoms with E-state index >= 15 is 0 Å². The summed E-state index contributed by atoms with van der Waals surface area (Å²) in [5.74, 6) is 0. The van der Waals surface area contributed by atoms with Gasteiger partial charge in [-0.05, 0) is 19.1 Å². The summed E-state index contributed by atoms with van der Waals surface area (Å²) < 4.78 is 0. The zero-order chi connectivity index (χ0) is 6.57. The molecule has 0 aromatic carbocycles. The highest BCUT2D eigenvalue weighted by Gasteiger charge is 1.91. The Morgan fingerprint density at radius 3 is 2.62 bits per heavy atom. The van der Waals surface area contributed by atoms with Gasteiger partial charge in [-0.15, -0.1) is 6.58 Å². The van der Waals surface area contributed by atoms with E-state index in [0.717, 1.165) is 0 Å². The van der Waals surface area contributed by atoms with E-state index in [1.807, 2.05) is 6.92 Å². The van der Waals surface area contributed by atoms with Crippen LogP contribution in [-0.2, 0) is 0 Å². The van der Waals surface area contributed by atoms with Crippen LogP contribution in [0.2, 0.25) is 0 Å². The number of hydrogen-bond acceptors (Lipinski definition) is 1. The van der Waals surface area contributed by atoms with Gasteiger partial charge in [0.05, 0.1) is 0 Å². The van der Waals surface area contributed by atoms with Gasteiger partial charge in [-0.25, -0.2) is 0 Å². The van der Waals surface area contributed by atoms with Crippen LogP contribution >= 0.6 is 12.2 Å². The van der Waals surface area contributed by atoms with Gasteiger partial charge >= 0.3 is 0 Å². The van der Waals surface area contributed by atoms with E-state index in [-0.39, 0.29) is 6.04 Å². The van der Waals surface area contributed by atoms with Gasteiger partial charge in [0.1, 0.15) is 0 Å². The van der Waals surface area contributed by atoms with E-state index in [1.54, 1.807) is 6.08 Å². The summed E-state index contributed by atoms with van der Waals surface area (Å²) in [4.78, 5) is 0. The maximum Gasteiger partial charge on any atom is 0.164 e. The maximum absolute atomic E-state index is 5.14. The second kappa shape index (κ2) is 3.43. The first-order valence-electron chi connectivity index (χ1n) is 2.35. The largest absolute Gasteiger partial charge is 0.376 e. The van der Waals surface area contributed by atoms with E-state index in [2.05, 4.69) is 24.1 Å². The van der Waals surface area contributed by atoms with E-state index in [9.17, 15) is 0 Å². The second-order valence-corrected chi connectivity index (χ2v) is 1.97. The van der Waals surface area contributed by atoms with Crippen molar-refractivity contribution in [1.82, 2.24) is 5.32 Å². The minimum Gasteiger partial charge on any atom is -0.376 e. The molecule has 0 radical (unpaired) electrons. The fourth-order valence-corrected chi connectivity index (χ4v) is 0.469. The number of nitrogens with two attached hydrogens (primary N) is 1. The molecule has 0 saturated carbocycles. The highest BCUT2D eigenvalue weighted by atomic mass is 32.1. The van der Waals surface area contributed by atoms with Gasteiger partial charge in [0.2, 0.25) is 0 Å². The summed E-state index contributed by atoms with van der Waals surface area (Å²) in [5.41, 5.74) is 5.14. The van der Waals surface area contributed by atoms with Crippen LogP contribution in [0.4, 0.5) is 0 Å². The molecule has 0 heterocycles. The predicted molar refractivity (Wildman–Crippen MR) is 39.6 cm³/mol. The van der Waals surface area contributed by atoms with Gasteiger partial charge in [-0.2, -0.15) is 0 Å². The van der Waals surface area contributed by atoms with Gasteiger partial charge in [0.25, 0.3) is 0 Å². The smallest absolute Gasteiger partial charge is 0.164 e. The summed E-state index contributed by atoms with van der Waals surface area (Å²) in [6.07, 6.45) is 1.74. The van der Waals surface area contributed by atoms with Crippen LogP contribution in [0.5, 0.6) is 0 Å². The molecule has 8 heavy (non-hydrogen) atoms. The number of rotatable bonds is 2. The first kappa shape index (κ1) is 7.43. The lowest BCUT2D eigenvalue weighted by Gasteiger charge is -2.06. The molecule has 46 valence electrons. The van der Waals surface area contributed by atoms with Crippen molar-refractivity contribution in [2.75, 3.05) is 0 Å². The van der Waals surface area contributed by atoms with E-state index in [1.165, 1.54) is 0 Å². The SMILES string of the molecule is C=CC(C)NC(N)=S. The Morgan fingerprint density at radius 2 is 2.50 bits per heavy atom. The van der Waals surface area contributed by atoms with Crippen molar-refractivity contribution in [3.05, 3.63) is 12.7 Å². The zero-order valence-electron chi connectivity index (χ0n) is 4.85. The molecule has 0 aliphatic heterocycles. The molecule has 0 spiro atoms. The Balaban J connectivity index is 3.38. The molecule has 0 saturated heterocycles. The fraction of sp³-hybridized carbons (Fsp3) is 0.400. The Kier molecular flexibility index (Phi) is 3.19. The highest BCUT2D eigenvalue weighted by molar-refractivity contribution is 7.80. The van der Waals surface area contributed by atoms with E-state index < -0.39 is 0 Å². The molecular weight excluding hydrogens is 120 g/mol. The minimum atomic E-state index is 0.174. The van der Waals surface area contributed by atoms with Gasteiger partial charge in [-0.3, -0.25) is 0 Å². The highest BCUT2D eigenvalue weighted by Crippen LogP contribution is 1.77. The number of hydrogen-bond donors (Lipinski definition) is 2. The van der Waals surface area contributed by atoms with Crippen molar-refractivity contribution in [3.8, 4) is 0 Å². The van der Waals surface area contributed by atoms with Crippen molar-refractivity contribution in [1.29, 1.82) is 0 Å². The Bertz CT molecular complexity index is 101. The first-order valence-corrected chi connectivity index (χ1v) is 2.76. The minimum absolute atomic E-state index is 0.174. The summed E-state index contributed by atoms with van der Waals surface area (Å²) in [6.45, 7) is 5.46. The molecule has 1 unspecified atom stereocenters. The monoisotopic (exact) mass is 130 g/mol. The third-order valence-corrected chi connectivity index (χ3v) is 0.841. The van der Waals surface area contributed by atoms with Crippen molar-refractivity contribution in [3.63, 3.8) is 0 Å². The fourth-order valence-electron chi connectivity index (χ4n) is 0.283. The van der Waals surface area contributed by atoms with Gasteiger partial charge in [-0.1, -0.05) is 6.08 Å². The molecule has 0 aromatic rings. The molecule has 0 rings (SSSR count). The molecule has 0 aliphatic carbocycles. The summed E-state index contributed by atoms with van der Waals surface area (Å²) >= 11 is 4.56. The van der Waals surface area contributed by atoms with Crippen LogP contribution in [0.3, 0.4) is 0 Å².